The Labute approximate surface area is 149 Å². The van der Waals surface area contributed by atoms with Gasteiger partial charge < -0.3 is 4.74 Å². The summed E-state index contributed by atoms with van der Waals surface area (Å²) >= 11 is 0. The molecule has 0 fully saturated rings. The molecule has 0 radical (unpaired) electrons. The van der Waals surface area contributed by atoms with Crippen LogP contribution in [0.25, 0.3) is 0 Å². The van der Waals surface area contributed by atoms with Crippen LogP contribution < -0.4 is 0 Å². The van der Waals surface area contributed by atoms with Crippen molar-refractivity contribution in [2.75, 3.05) is 6.61 Å². The molecule has 0 aromatic heterocycles. The number of carbonyl (C=O) groups is 1. The maximum atomic E-state index is 10.8. The van der Waals surface area contributed by atoms with Gasteiger partial charge in [0.05, 0.1) is 0 Å². The lowest BCUT2D eigenvalue weighted by Crippen LogP contribution is -2.29. The van der Waals surface area contributed by atoms with Crippen LogP contribution in [-0.4, -0.2) is 12.6 Å². The van der Waals surface area contributed by atoms with Gasteiger partial charge in [-0.15, -0.1) is 0 Å². The van der Waals surface area contributed by atoms with E-state index in [4.69, 9.17) is 4.74 Å². The molecule has 2 nitrogen and oxygen atoms in total. The van der Waals surface area contributed by atoms with E-state index in [2.05, 4.69) is 78.6 Å². The second kappa shape index (κ2) is 7.85. The van der Waals surface area contributed by atoms with Gasteiger partial charge in [0.2, 0.25) is 0 Å². The average molecular weight is 330 g/mol. The van der Waals surface area contributed by atoms with Crippen LogP contribution in [0.1, 0.15) is 37.3 Å². The summed E-state index contributed by atoms with van der Waals surface area (Å²) in [5.74, 6) is 5.79. The zero-order valence-corrected chi connectivity index (χ0v) is 14.5. The molecule has 1 aliphatic rings. The normalized spacial score (nSPS) is 15.5. The summed E-state index contributed by atoms with van der Waals surface area (Å²) in [5, 5.41) is 0. The molecule has 0 saturated carbocycles. The maximum absolute atomic E-state index is 10.8. The van der Waals surface area contributed by atoms with Crippen LogP contribution >= 0.6 is 0 Å². The lowest BCUT2D eigenvalue weighted by atomic mass is 9.66. The van der Waals surface area contributed by atoms with Crippen LogP contribution in [-0.2, 0) is 14.9 Å². The van der Waals surface area contributed by atoms with E-state index in [1.165, 1.54) is 18.1 Å². The van der Waals surface area contributed by atoms with Gasteiger partial charge in [0, 0.05) is 12.3 Å². The van der Waals surface area contributed by atoms with Crippen molar-refractivity contribution in [2.24, 2.45) is 0 Å². The number of carbonyl (C=O) groups excluding carboxylic acids is 1. The smallest absolute Gasteiger partial charge is 0.303 e. The Morgan fingerprint density at radius 3 is 2.12 bits per heavy atom. The van der Waals surface area contributed by atoms with E-state index >= 15 is 0 Å². The van der Waals surface area contributed by atoms with Gasteiger partial charge in [-0.25, -0.2) is 0 Å². The molecule has 0 saturated heterocycles. The number of ether oxygens (including phenoxy) is 1. The largest absolute Gasteiger partial charge is 0.453 e. The summed E-state index contributed by atoms with van der Waals surface area (Å²) in [6.07, 6.45) is 5.12. The average Bonchev–Trinajstić information content (AvgIpc) is 2.67. The maximum Gasteiger partial charge on any atom is 0.303 e. The van der Waals surface area contributed by atoms with Crippen LogP contribution in [0.3, 0.4) is 0 Å². The highest BCUT2D eigenvalue weighted by Crippen LogP contribution is 2.43. The van der Waals surface area contributed by atoms with Gasteiger partial charge in [0.25, 0.3) is 0 Å². The van der Waals surface area contributed by atoms with Crippen molar-refractivity contribution >= 4 is 5.97 Å². The Morgan fingerprint density at radius 2 is 1.64 bits per heavy atom. The third-order valence-electron chi connectivity index (χ3n) is 4.77. The molecular formula is C23H22O2. The fraction of sp³-hybridized carbons (Fsp3) is 0.261. The van der Waals surface area contributed by atoms with Gasteiger partial charge in [0.15, 0.2) is 6.61 Å². The molecule has 2 aromatic carbocycles. The van der Waals surface area contributed by atoms with Gasteiger partial charge in [-0.1, -0.05) is 78.6 Å². The highest BCUT2D eigenvalue weighted by molar-refractivity contribution is 5.66. The number of allylic oxidation sites excluding steroid dienone is 2. The molecule has 0 heterocycles. The van der Waals surface area contributed by atoms with E-state index < -0.39 is 0 Å². The van der Waals surface area contributed by atoms with E-state index in [9.17, 15) is 4.79 Å². The zero-order valence-electron chi connectivity index (χ0n) is 14.5. The van der Waals surface area contributed by atoms with E-state index in [0.29, 0.717) is 0 Å². The summed E-state index contributed by atoms with van der Waals surface area (Å²) < 4.78 is 4.87. The van der Waals surface area contributed by atoms with Crippen LogP contribution in [0.15, 0.2) is 72.3 Å². The van der Waals surface area contributed by atoms with Crippen molar-refractivity contribution < 1.29 is 9.53 Å². The van der Waals surface area contributed by atoms with Gasteiger partial charge in [-0.05, 0) is 36.0 Å². The standard InChI is InChI=1S/C23H22O2/c1-19(24)25-18-8-9-20-14-16-23(17-15-20,21-10-4-2-5-11-21)22-12-6-3-7-13-22/h2-7,10-14H,15-18H2,1H3. The first-order valence-electron chi connectivity index (χ1n) is 8.63. The first kappa shape index (κ1) is 17.0. The van der Waals surface area contributed by atoms with E-state index in [-0.39, 0.29) is 18.0 Å². The van der Waals surface area contributed by atoms with Crippen LogP contribution in [0.5, 0.6) is 0 Å². The molecule has 0 N–H and O–H groups in total. The molecule has 0 amide bonds. The van der Waals surface area contributed by atoms with E-state index in [0.717, 1.165) is 24.8 Å². The molecule has 0 aliphatic heterocycles. The molecule has 0 spiro atoms. The zero-order chi connectivity index (χ0) is 17.5. The summed E-state index contributed by atoms with van der Waals surface area (Å²) in [7, 11) is 0. The minimum atomic E-state index is -0.293. The van der Waals surface area contributed by atoms with Crippen molar-refractivity contribution in [3.63, 3.8) is 0 Å². The first-order valence-corrected chi connectivity index (χ1v) is 8.63. The third-order valence-corrected chi connectivity index (χ3v) is 4.77. The van der Waals surface area contributed by atoms with Crippen molar-refractivity contribution in [3.8, 4) is 11.8 Å². The van der Waals surface area contributed by atoms with Gasteiger partial charge in [-0.3, -0.25) is 4.79 Å². The Hall–Kier alpha value is -2.79. The van der Waals surface area contributed by atoms with Gasteiger partial charge in [0.1, 0.15) is 0 Å². The van der Waals surface area contributed by atoms with Crippen molar-refractivity contribution in [3.05, 3.63) is 83.4 Å². The quantitative estimate of drug-likeness (QED) is 0.605. The lowest BCUT2D eigenvalue weighted by molar-refractivity contribution is -0.139. The summed E-state index contributed by atoms with van der Waals surface area (Å²) in [4.78, 5) is 10.8. The minimum absolute atomic E-state index is 0.00356. The Bertz CT molecular complexity index is 768. The molecule has 3 rings (SSSR count). The van der Waals surface area contributed by atoms with Crippen molar-refractivity contribution in [2.45, 2.75) is 31.6 Å². The fourth-order valence-corrected chi connectivity index (χ4v) is 3.46. The molecular weight excluding hydrogens is 308 g/mol. The summed E-state index contributed by atoms with van der Waals surface area (Å²) in [6.45, 7) is 1.56. The molecule has 0 atom stereocenters. The highest BCUT2D eigenvalue weighted by atomic mass is 16.5. The third kappa shape index (κ3) is 4.00. The topological polar surface area (TPSA) is 26.3 Å². The van der Waals surface area contributed by atoms with E-state index in [1.807, 2.05) is 0 Å². The first-order chi connectivity index (χ1) is 12.2. The van der Waals surface area contributed by atoms with Crippen molar-refractivity contribution in [1.82, 2.24) is 0 Å². The van der Waals surface area contributed by atoms with Gasteiger partial charge in [-0.2, -0.15) is 0 Å². The molecule has 0 bridgehead atoms. The molecule has 2 aromatic rings. The predicted octanol–water partition coefficient (Wildman–Crippen LogP) is 4.65. The minimum Gasteiger partial charge on any atom is -0.453 e. The SMILES string of the molecule is CC(=O)OCC#CC1=CCC(c2ccccc2)(c2ccccc2)CC1. The van der Waals surface area contributed by atoms with Crippen LogP contribution in [0, 0.1) is 11.8 Å². The Balaban J connectivity index is 1.86. The Kier molecular flexibility index (Phi) is 5.36. The highest BCUT2D eigenvalue weighted by Gasteiger charge is 2.35. The van der Waals surface area contributed by atoms with Crippen LogP contribution in [0.2, 0.25) is 0 Å². The second-order valence-electron chi connectivity index (χ2n) is 6.33. The number of hydrogen-bond donors (Lipinski definition) is 0. The molecule has 126 valence electrons. The molecule has 25 heavy (non-hydrogen) atoms. The molecule has 1 aliphatic carbocycles. The van der Waals surface area contributed by atoms with Crippen molar-refractivity contribution in [1.29, 1.82) is 0 Å². The van der Waals surface area contributed by atoms with E-state index in [1.54, 1.807) is 0 Å². The predicted molar refractivity (Wildman–Crippen MR) is 100 cm³/mol. The Morgan fingerprint density at radius 1 is 1.04 bits per heavy atom. The number of esters is 1. The number of benzene rings is 2. The lowest BCUT2D eigenvalue weighted by Gasteiger charge is -2.37. The summed E-state index contributed by atoms with van der Waals surface area (Å²) in [6, 6.07) is 21.4. The van der Waals surface area contributed by atoms with Gasteiger partial charge >= 0.3 is 5.97 Å². The monoisotopic (exact) mass is 330 g/mol. The second-order valence-corrected chi connectivity index (χ2v) is 6.33. The summed E-state index contributed by atoms with van der Waals surface area (Å²) in [5.41, 5.74) is 3.84. The van der Waals surface area contributed by atoms with Crippen LogP contribution in [0.4, 0.5) is 0 Å². The number of hydrogen-bond acceptors (Lipinski definition) is 2. The fourth-order valence-electron chi connectivity index (χ4n) is 3.46. The molecule has 2 heteroatoms. The number of rotatable bonds is 3. The molecule has 0 unspecified atom stereocenters.